The lowest BCUT2D eigenvalue weighted by molar-refractivity contribution is -0.115. The lowest BCUT2D eigenvalue weighted by Crippen LogP contribution is -2.48. The summed E-state index contributed by atoms with van der Waals surface area (Å²) in [6.45, 7) is 6.57. The number of rotatable bonds is 4. The fraction of sp³-hybridized carbons (Fsp3) is 0.462. The molecule has 0 spiro atoms. The van der Waals surface area contributed by atoms with E-state index in [1.165, 1.54) is 0 Å². The van der Waals surface area contributed by atoms with Crippen LogP contribution >= 0.6 is 0 Å². The Bertz CT molecular complexity index is 1050. The van der Waals surface area contributed by atoms with Gasteiger partial charge in [0, 0.05) is 51.5 Å². The van der Waals surface area contributed by atoms with E-state index in [0.717, 1.165) is 0 Å². The minimum Gasteiger partial charge on any atom is -0.491 e. The van der Waals surface area contributed by atoms with Crippen molar-refractivity contribution in [2.24, 2.45) is 5.92 Å². The Labute approximate surface area is 206 Å². The highest BCUT2D eigenvalue weighted by atomic mass is 16.5. The highest BCUT2D eigenvalue weighted by Crippen LogP contribution is 2.27. The molecule has 0 saturated heterocycles. The molecule has 2 aromatic rings. The van der Waals surface area contributed by atoms with Gasteiger partial charge in [0.15, 0.2) is 0 Å². The van der Waals surface area contributed by atoms with E-state index in [1.54, 1.807) is 73.5 Å². The van der Waals surface area contributed by atoms with Crippen molar-refractivity contribution < 1.29 is 23.9 Å². The third-order valence-corrected chi connectivity index (χ3v) is 6.19. The van der Waals surface area contributed by atoms with Crippen LogP contribution in [0.2, 0.25) is 0 Å². The average molecular weight is 483 g/mol. The standard InChI is InChI=1S/C26H34N4O5/c1-6-24(31)28-19-10-11-22-20(13-19)25(32)29(4)15-23(34-5)17(2)14-30(18(3)16-35-22)26(33)21-9-7-8-12-27-21/h7-13,17-18,23H,6,14-16H2,1-5H3,(H,28,31)/t17-,18-,23+/m1/s1. The summed E-state index contributed by atoms with van der Waals surface area (Å²) in [5, 5.41) is 2.79. The summed E-state index contributed by atoms with van der Waals surface area (Å²) >= 11 is 0. The van der Waals surface area contributed by atoms with Gasteiger partial charge in [0.1, 0.15) is 18.1 Å². The topological polar surface area (TPSA) is 101 Å². The Morgan fingerprint density at radius 2 is 1.97 bits per heavy atom. The maximum Gasteiger partial charge on any atom is 0.272 e. The van der Waals surface area contributed by atoms with Crippen LogP contribution in [0.4, 0.5) is 5.69 Å². The highest BCUT2D eigenvalue weighted by Gasteiger charge is 2.31. The minimum atomic E-state index is -0.304. The molecule has 1 aliphatic heterocycles. The molecule has 1 aromatic heterocycles. The van der Waals surface area contributed by atoms with E-state index in [1.807, 2.05) is 13.8 Å². The number of aromatic nitrogens is 1. The quantitative estimate of drug-likeness (QED) is 0.719. The third-order valence-electron chi connectivity index (χ3n) is 6.19. The van der Waals surface area contributed by atoms with Crippen LogP contribution in [0.15, 0.2) is 42.6 Å². The molecule has 9 nitrogen and oxygen atoms in total. The summed E-state index contributed by atoms with van der Waals surface area (Å²) in [5.41, 5.74) is 1.21. The number of pyridine rings is 1. The van der Waals surface area contributed by atoms with E-state index in [2.05, 4.69) is 10.3 Å². The summed E-state index contributed by atoms with van der Waals surface area (Å²) in [6, 6.07) is 9.94. The minimum absolute atomic E-state index is 0.0700. The fourth-order valence-electron chi connectivity index (χ4n) is 4.02. The van der Waals surface area contributed by atoms with Gasteiger partial charge in [0.25, 0.3) is 11.8 Å². The predicted octanol–water partition coefficient (Wildman–Crippen LogP) is 3.08. The van der Waals surface area contributed by atoms with Crippen LogP contribution in [-0.2, 0) is 9.53 Å². The summed E-state index contributed by atoms with van der Waals surface area (Å²) in [6.07, 6.45) is 1.62. The first-order valence-electron chi connectivity index (χ1n) is 11.8. The van der Waals surface area contributed by atoms with Crippen molar-refractivity contribution in [3.8, 4) is 5.75 Å². The molecule has 35 heavy (non-hydrogen) atoms. The Morgan fingerprint density at radius 1 is 1.20 bits per heavy atom. The third kappa shape index (κ3) is 6.36. The first kappa shape index (κ1) is 26.2. The number of hydrogen-bond acceptors (Lipinski definition) is 6. The van der Waals surface area contributed by atoms with Gasteiger partial charge >= 0.3 is 0 Å². The van der Waals surface area contributed by atoms with Gasteiger partial charge in [-0.05, 0) is 37.3 Å². The molecule has 0 saturated carbocycles. The van der Waals surface area contributed by atoms with Gasteiger partial charge in [0.05, 0.1) is 17.7 Å². The Morgan fingerprint density at radius 3 is 2.63 bits per heavy atom. The number of anilines is 1. The number of benzene rings is 1. The number of nitrogens with one attached hydrogen (secondary N) is 1. The van der Waals surface area contributed by atoms with E-state index >= 15 is 0 Å². The molecule has 3 rings (SSSR count). The number of amides is 3. The summed E-state index contributed by atoms with van der Waals surface area (Å²) in [5.74, 6) is -0.264. The van der Waals surface area contributed by atoms with Crippen LogP contribution in [0.3, 0.4) is 0 Å². The second-order valence-electron chi connectivity index (χ2n) is 8.88. The lowest BCUT2D eigenvalue weighted by atomic mass is 10.0. The molecule has 3 amide bonds. The maximum absolute atomic E-state index is 13.4. The zero-order chi connectivity index (χ0) is 25.5. The van der Waals surface area contributed by atoms with E-state index in [9.17, 15) is 14.4 Å². The van der Waals surface area contributed by atoms with Gasteiger partial charge in [-0.3, -0.25) is 19.4 Å². The van der Waals surface area contributed by atoms with Crippen LogP contribution in [0.25, 0.3) is 0 Å². The Kier molecular flexibility index (Phi) is 8.81. The zero-order valence-corrected chi connectivity index (χ0v) is 21.0. The van der Waals surface area contributed by atoms with Crippen molar-refractivity contribution in [1.29, 1.82) is 0 Å². The van der Waals surface area contributed by atoms with Gasteiger partial charge in [-0.15, -0.1) is 0 Å². The van der Waals surface area contributed by atoms with Crippen molar-refractivity contribution >= 4 is 23.4 Å². The van der Waals surface area contributed by atoms with E-state index in [0.29, 0.717) is 42.2 Å². The molecule has 0 unspecified atom stereocenters. The normalized spacial score (nSPS) is 21.3. The number of ether oxygens (including phenoxy) is 2. The Balaban J connectivity index is 1.98. The zero-order valence-electron chi connectivity index (χ0n) is 21.0. The van der Waals surface area contributed by atoms with Crippen molar-refractivity contribution in [1.82, 2.24) is 14.8 Å². The van der Waals surface area contributed by atoms with Crippen LogP contribution in [0.1, 0.15) is 48.0 Å². The van der Waals surface area contributed by atoms with Crippen LogP contribution in [0, 0.1) is 5.92 Å². The predicted molar refractivity (Wildman–Crippen MR) is 133 cm³/mol. The van der Waals surface area contributed by atoms with Crippen molar-refractivity contribution in [2.45, 2.75) is 39.3 Å². The number of hydrogen-bond donors (Lipinski definition) is 1. The molecule has 0 aliphatic carbocycles. The molecule has 0 bridgehead atoms. The van der Waals surface area contributed by atoms with Gasteiger partial charge in [-0.1, -0.05) is 19.9 Å². The van der Waals surface area contributed by atoms with Crippen molar-refractivity contribution in [2.75, 3.05) is 39.2 Å². The molecule has 2 heterocycles. The molecule has 1 aromatic carbocycles. The molecule has 0 radical (unpaired) electrons. The van der Waals surface area contributed by atoms with Gasteiger partial charge in [-0.25, -0.2) is 0 Å². The number of fused-ring (bicyclic) bond motifs is 1. The number of likely N-dealkylation sites (N-methyl/N-ethyl adjacent to an activating group) is 1. The van der Waals surface area contributed by atoms with E-state index < -0.39 is 0 Å². The van der Waals surface area contributed by atoms with Crippen LogP contribution in [-0.4, -0.2) is 78.5 Å². The van der Waals surface area contributed by atoms with Gasteiger partial charge in [-0.2, -0.15) is 0 Å². The number of carbonyl (C=O) groups is 3. The second-order valence-corrected chi connectivity index (χ2v) is 8.88. The van der Waals surface area contributed by atoms with Gasteiger partial charge < -0.3 is 24.6 Å². The van der Waals surface area contributed by atoms with Crippen molar-refractivity contribution in [3.63, 3.8) is 0 Å². The first-order valence-corrected chi connectivity index (χ1v) is 11.8. The summed E-state index contributed by atoms with van der Waals surface area (Å²) < 4.78 is 11.8. The molecule has 1 N–H and O–H groups in total. The SMILES string of the molecule is CCC(=O)Nc1ccc2c(c1)C(=O)N(C)C[C@H](OC)[C@H](C)CN(C(=O)c1ccccn1)[C@H](C)CO2. The van der Waals surface area contributed by atoms with Crippen LogP contribution < -0.4 is 10.1 Å². The first-order chi connectivity index (χ1) is 16.7. The Hall–Kier alpha value is -3.46. The molecule has 0 fully saturated rings. The van der Waals surface area contributed by atoms with Gasteiger partial charge in [0.2, 0.25) is 5.91 Å². The summed E-state index contributed by atoms with van der Waals surface area (Å²) in [7, 11) is 3.31. The lowest BCUT2D eigenvalue weighted by Gasteiger charge is -2.36. The average Bonchev–Trinajstić information content (AvgIpc) is 2.88. The molecule has 1 aliphatic rings. The largest absolute Gasteiger partial charge is 0.491 e. The highest BCUT2D eigenvalue weighted by molar-refractivity contribution is 5.99. The molecule has 9 heteroatoms. The smallest absolute Gasteiger partial charge is 0.272 e. The molecule has 188 valence electrons. The van der Waals surface area contributed by atoms with Crippen molar-refractivity contribution in [3.05, 3.63) is 53.9 Å². The van der Waals surface area contributed by atoms with E-state index in [4.69, 9.17) is 9.47 Å². The monoisotopic (exact) mass is 482 g/mol. The van der Waals surface area contributed by atoms with Crippen LogP contribution in [0.5, 0.6) is 5.75 Å². The summed E-state index contributed by atoms with van der Waals surface area (Å²) in [4.78, 5) is 46.2. The molecular formula is C26H34N4O5. The van der Waals surface area contributed by atoms with E-state index in [-0.39, 0.29) is 42.4 Å². The number of nitrogens with zero attached hydrogens (tertiary/aromatic N) is 3. The second kappa shape index (κ2) is 11.8. The maximum atomic E-state index is 13.4. The number of carbonyl (C=O) groups excluding carboxylic acids is 3. The fourth-order valence-corrected chi connectivity index (χ4v) is 4.02. The molecule has 3 atom stereocenters. The number of methoxy groups -OCH3 is 1. The molecular weight excluding hydrogens is 448 g/mol.